The maximum Gasteiger partial charge on any atom is 0.238 e. The minimum Gasteiger partial charge on any atom is -0.326 e. The normalized spacial score (nSPS) is 16.4. The fourth-order valence-electron chi connectivity index (χ4n) is 2.25. The van der Waals surface area contributed by atoms with E-state index in [1.54, 1.807) is 6.92 Å². The molecule has 124 valence electrons. The van der Waals surface area contributed by atoms with Crippen molar-refractivity contribution in [3.63, 3.8) is 0 Å². The van der Waals surface area contributed by atoms with Crippen molar-refractivity contribution in [1.82, 2.24) is 5.32 Å². The van der Waals surface area contributed by atoms with Gasteiger partial charge in [-0.2, -0.15) is 0 Å². The fourth-order valence-corrected chi connectivity index (χ4v) is 2.87. The number of hydrogen-bond acceptors (Lipinski definition) is 4. The van der Waals surface area contributed by atoms with Crippen molar-refractivity contribution in [2.75, 3.05) is 18.4 Å². The van der Waals surface area contributed by atoms with Crippen LogP contribution in [0.1, 0.15) is 18.1 Å². The van der Waals surface area contributed by atoms with Crippen LogP contribution in [0.2, 0.25) is 0 Å². The molecule has 0 aromatic heterocycles. The van der Waals surface area contributed by atoms with Gasteiger partial charge >= 0.3 is 0 Å². The highest BCUT2D eigenvalue weighted by Crippen LogP contribution is 2.25. The van der Waals surface area contributed by atoms with E-state index in [0.717, 1.165) is 24.2 Å². The zero-order valence-electron chi connectivity index (χ0n) is 12.8. The van der Waals surface area contributed by atoms with Crippen molar-refractivity contribution >= 4 is 34.0 Å². The van der Waals surface area contributed by atoms with Crippen LogP contribution in [0.15, 0.2) is 17.0 Å². The van der Waals surface area contributed by atoms with E-state index in [1.807, 2.05) is 13.8 Å². The minimum absolute atomic E-state index is 0. The first kappa shape index (κ1) is 18.9. The molecule has 2 rings (SSSR count). The maximum atomic E-state index is 12.3. The van der Waals surface area contributed by atoms with Gasteiger partial charge in [0.15, 0.2) is 0 Å². The van der Waals surface area contributed by atoms with Crippen LogP contribution in [0.4, 0.5) is 5.69 Å². The number of rotatable bonds is 4. The summed E-state index contributed by atoms with van der Waals surface area (Å²) in [5, 5.41) is 11.1. The number of amides is 1. The third-order valence-corrected chi connectivity index (χ3v) is 5.05. The Hall–Kier alpha value is -1.15. The molecule has 1 unspecified atom stereocenters. The van der Waals surface area contributed by atoms with Gasteiger partial charge in [0, 0.05) is 11.6 Å². The third-order valence-electron chi connectivity index (χ3n) is 4.16. The second-order valence-corrected chi connectivity index (χ2v) is 7.22. The van der Waals surface area contributed by atoms with E-state index in [4.69, 9.17) is 5.14 Å². The first-order valence-corrected chi connectivity index (χ1v) is 8.40. The molecular formula is C14H22ClN3O3S. The molecule has 1 atom stereocenters. The van der Waals surface area contributed by atoms with E-state index in [9.17, 15) is 13.2 Å². The molecule has 1 aromatic carbocycles. The summed E-state index contributed by atoms with van der Waals surface area (Å²) in [7, 11) is -3.79. The van der Waals surface area contributed by atoms with Crippen molar-refractivity contribution in [3.05, 3.63) is 23.3 Å². The zero-order valence-corrected chi connectivity index (χ0v) is 14.5. The predicted molar refractivity (Wildman–Crippen MR) is 88.7 cm³/mol. The lowest BCUT2D eigenvalue weighted by Crippen LogP contribution is -2.48. The zero-order chi connectivity index (χ0) is 15.8. The van der Waals surface area contributed by atoms with Gasteiger partial charge in [-0.05, 0) is 56.1 Å². The summed E-state index contributed by atoms with van der Waals surface area (Å²) in [5.74, 6) is 0.104. The van der Waals surface area contributed by atoms with Crippen molar-refractivity contribution in [2.45, 2.75) is 25.7 Å². The molecule has 0 radical (unpaired) electrons. The van der Waals surface area contributed by atoms with Crippen molar-refractivity contribution in [2.24, 2.45) is 17.0 Å². The number of sulfonamides is 1. The molecule has 1 saturated heterocycles. The van der Waals surface area contributed by atoms with Gasteiger partial charge in [0.2, 0.25) is 15.9 Å². The molecule has 0 saturated carbocycles. The Labute approximate surface area is 137 Å². The average molecular weight is 348 g/mol. The number of hydrogen-bond donors (Lipinski definition) is 3. The van der Waals surface area contributed by atoms with E-state index in [-0.39, 0.29) is 29.1 Å². The number of benzene rings is 1. The molecular weight excluding hydrogens is 326 g/mol. The number of primary sulfonamides is 1. The number of anilines is 1. The quantitative estimate of drug-likeness (QED) is 0.760. The van der Waals surface area contributed by atoms with Gasteiger partial charge in [-0.25, -0.2) is 13.6 Å². The number of aryl methyl sites for hydroxylation is 1. The van der Waals surface area contributed by atoms with Crippen molar-refractivity contribution in [1.29, 1.82) is 0 Å². The summed E-state index contributed by atoms with van der Waals surface area (Å²) in [4.78, 5) is 12.3. The topological polar surface area (TPSA) is 101 Å². The summed E-state index contributed by atoms with van der Waals surface area (Å²) in [6, 6.07) is 2.93. The first-order valence-electron chi connectivity index (χ1n) is 6.85. The minimum atomic E-state index is -3.79. The number of carbonyl (C=O) groups is 1. The first-order chi connectivity index (χ1) is 9.70. The Morgan fingerprint density at radius 2 is 1.95 bits per heavy atom. The van der Waals surface area contributed by atoms with Gasteiger partial charge in [-0.1, -0.05) is 6.92 Å². The predicted octanol–water partition coefficient (Wildman–Crippen LogP) is 1.17. The largest absolute Gasteiger partial charge is 0.326 e. The van der Waals surface area contributed by atoms with Crippen LogP contribution in [-0.4, -0.2) is 27.4 Å². The third kappa shape index (κ3) is 3.98. The standard InChI is InChI=1S/C14H21N3O3S.ClH/c1-8-4-12(21(15,19)20)5-13(9(8)2)17-14(18)10(3)11-6-16-7-11;/h4-5,10-11,16H,6-7H2,1-3H3,(H,17,18)(H2,15,19,20);1H. The molecule has 0 bridgehead atoms. The lowest BCUT2D eigenvalue weighted by atomic mass is 9.88. The van der Waals surface area contributed by atoms with Crippen molar-refractivity contribution in [3.8, 4) is 0 Å². The highest BCUT2D eigenvalue weighted by molar-refractivity contribution is 7.89. The molecule has 8 heteroatoms. The molecule has 22 heavy (non-hydrogen) atoms. The Kier molecular flexibility index (Phi) is 5.97. The summed E-state index contributed by atoms with van der Waals surface area (Å²) >= 11 is 0. The summed E-state index contributed by atoms with van der Waals surface area (Å²) < 4.78 is 23.0. The van der Waals surface area contributed by atoms with Crippen LogP contribution in [0.25, 0.3) is 0 Å². The molecule has 6 nitrogen and oxygen atoms in total. The Balaban J connectivity index is 0.00000242. The Bertz CT molecular complexity index is 672. The lowest BCUT2D eigenvalue weighted by molar-refractivity contribution is -0.121. The van der Waals surface area contributed by atoms with Crippen LogP contribution in [0.5, 0.6) is 0 Å². The van der Waals surface area contributed by atoms with Crippen LogP contribution in [0.3, 0.4) is 0 Å². The SMILES string of the molecule is Cc1cc(S(N)(=O)=O)cc(NC(=O)C(C)C2CNC2)c1C.Cl. The smallest absolute Gasteiger partial charge is 0.238 e. The maximum absolute atomic E-state index is 12.3. The van der Waals surface area contributed by atoms with E-state index >= 15 is 0 Å². The molecule has 1 aliphatic heterocycles. The highest BCUT2D eigenvalue weighted by Gasteiger charge is 2.29. The molecule has 0 spiro atoms. The Morgan fingerprint density at radius 1 is 1.36 bits per heavy atom. The van der Waals surface area contributed by atoms with E-state index in [1.165, 1.54) is 12.1 Å². The fraction of sp³-hybridized carbons (Fsp3) is 0.500. The van der Waals surface area contributed by atoms with Crippen LogP contribution in [-0.2, 0) is 14.8 Å². The van der Waals surface area contributed by atoms with Crippen LogP contribution < -0.4 is 15.8 Å². The molecule has 1 aromatic rings. The molecule has 1 fully saturated rings. The summed E-state index contributed by atoms with van der Waals surface area (Å²) in [6.45, 7) is 7.19. The molecule has 4 N–H and O–H groups in total. The van der Waals surface area contributed by atoms with Gasteiger partial charge in [0.05, 0.1) is 4.90 Å². The number of nitrogens with one attached hydrogen (secondary N) is 2. The number of carbonyl (C=O) groups excluding carboxylic acids is 1. The summed E-state index contributed by atoms with van der Waals surface area (Å²) in [5.41, 5.74) is 2.12. The summed E-state index contributed by atoms with van der Waals surface area (Å²) in [6.07, 6.45) is 0. The second kappa shape index (κ2) is 6.95. The lowest BCUT2D eigenvalue weighted by Gasteiger charge is -2.31. The van der Waals surface area contributed by atoms with Gasteiger partial charge in [0.1, 0.15) is 0 Å². The Morgan fingerprint density at radius 3 is 2.41 bits per heavy atom. The molecule has 1 amide bonds. The van der Waals surface area contributed by atoms with Crippen molar-refractivity contribution < 1.29 is 13.2 Å². The second-order valence-electron chi connectivity index (χ2n) is 5.65. The van der Waals surface area contributed by atoms with E-state index in [0.29, 0.717) is 11.6 Å². The highest BCUT2D eigenvalue weighted by atomic mass is 35.5. The molecule has 1 aliphatic rings. The molecule has 1 heterocycles. The monoisotopic (exact) mass is 347 g/mol. The van der Waals surface area contributed by atoms with Gasteiger partial charge in [-0.15, -0.1) is 12.4 Å². The van der Waals surface area contributed by atoms with E-state index in [2.05, 4.69) is 10.6 Å². The van der Waals surface area contributed by atoms with Gasteiger partial charge in [-0.3, -0.25) is 4.79 Å². The number of nitrogens with two attached hydrogens (primary N) is 1. The van der Waals surface area contributed by atoms with Gasteiger partial charge in [0.25, 0.3) is 0 Å². The van der Waals surface area contributed by atoms with E-state index < -0.39 is 10.0 Å². The van der Waals surface area contributed by atoms with Crippen LogP contribution >= 0.6 is 12.4 Å². The van der Waals surface area contributed by atoms with Gasteiger partial charge < -0.3 is 10.6 Å². The average Bonchev–Trinajstić information content (AvgIpc) is 2.31. The number of halogens is 1. The molecule has 0 aliphatic carbocycles. The van der Waals surface area contributed by atoms with Crippen LogP contribution in [0, 0.1) is 25.7 Å².